The smallest absolute Gasteiger partial charge is 0.408 e. The van der Waals surface area contributed by atoms with Crippen LogP contribution in [0.5, 0.6) is 0 Å². The van der Waals surface area contributed by atoms with E-state index in [0.717, 1.165) is 57.3 Å². The molecule has 0 aliphatic carbocycles. The van der Waals surface area contributed by atoms with E-state index in [1.54, 1.807) is 0 Å². The van der Waals surface area contributed by atoms with Gasteiger partial charge in [-0.25, -0.2) is 9.78 Å². The number of benzene rings is 3. The quantitative estimate of drug-likeness (QED) is 0.192. The molecule has 1 atom stereocenters. The van der Waals surface area contributed by atoms with Crippen molar-refractivity contribution < 1.29 is 14.3 Å². The second kappa shape index (κ2) is 13.9. The average Bonchev–Trinajstić information content (AvgIpc) is 2.96. The number of aryl methyl sites for hydroxylation is 2. The van der Waals surface area contributed by atoms with Crippen molar-refractivity contribution in [2.24, 2.45) is 5.73 Å². The second-order valence-corrected chi connectivity index (χ2v) is 12.1. The zero-order chi connectivity index (χ0) is 31.1. The third-order valence-electron chi connectivity index (χ3n) is 7.31. The Labute approximate surface area is 259 Å². The molecule has 0 bridgehead atoms. The summed E-state index contributed by atoms with van der Waals surface area (Å²) in [5.74, 6) is -0.421. The number of halogens is 1. The summed E-state index contributed by atoms with van der Waals surface area (Å²) in [6.07, 6.45) is 6.11. The van der Waals surface area contributed by atoms with Crippen LogP contribution in [0.3, 0.4) is 0 Å². The van der Waals surface area contributed by atoms with Gasteiger partial charge in [-0.2, -0.15) is 0 Å². The molecule has 3 aromatic carbocycles. The summed E-state index contributed by atoms with van der Waals surface area (Å²) in [5.41, 5.74) is 12.4. The zero-order valence-corrected chi connectivity index (χ0v) is 26.3. The van der Waals surface area contributed by atoms with Crippen LogP contribution in [-0.2, 0) is 24.0 Å². The highest BCUT2D eigenvalue weighted by molar-refractivity contribution is 6.31. The molecule has 0 aliphatic heterocycles. The van der Waals surface area contributed by atoms with E-state index in [2.05, 4.69) is 18.3 Å². The Morgan fingerprint density at radius 2 is 1.72 bits per heavy atom. The molecule has 0 saturated carbocycles. The van der Waals surface area contributed by atoms with Gasteiger partial charge >= 0.3 is 6.09 Å². The predicted octanol–water partition coefficient (Wildman–Crippen LogP) is 8.48. The Morgan fingerprint density at radius 3 is 2.42 bits per heavy atom. The number of amides is 2. The number of alkyl carbamates (subject to hydrolysis) is 1. The van der Waals surface area contributed by atoms with Crippen LogP contribution >= 0.6 is 11.6 Å². The first-order valence-electron chi connectivity index (χ1n) is 14.7. The van der Waals surface area contributed by atoms with Crippen LogP contribution in [0, 0.1) is 0 Å². The highest BCUT2D eigenvalue weighted by Crippen LogP contribution is 2.27. The lowest BCUT2D eigenvalue weighted by Gasteiger charge is -2.25. The highest BCUT2D eigenvalue weighted by atomic mass is 35.5. The van der Waals surface area contributed by atoms with Crippen LogP contribution in [0.25, 0.3) is 23.1 Å². The molecule has 4 rings (SSSR count). The van der Waals surface area contributed by atoms with Crippen LogP contribution < -0.4 is 11.1 Å². The number of carbonyl (C=O) groups excluding carboxylic acids is 2. The van der Waals surface area contributed by atoms with Gasteiger partial charge in [0.1, 0.15) is 5.60 Å². The first-order chi connectivity index (χ1) is 20.5. The van der Waals surface area contributed by atoms with Crippen LogP contribution in [0.4, 0.5) is 4.79 Å². The van der Waals surface area contributed by atoms with Crippen molar-refractivity contribution >= 4 is 46.7 Å². The van der Waals surface area contributed by atoms with Crippen molar-refractivity contribution in [2.45, 2.75) is 71.9 Å². The van der Waals surface area contributed by atoms with Crippen molar-refractivity contribution in [3.63, 3.8) is 0 Å². The first kappa shape index (κ1) is 31.8. The van der Waals surface area contributed by atoms with Crippen LogP contribution in [0.2, 0.25) is 5.02 Å². The van der Waals surface area contributed by atoms with Gasteiger partial charge in [0.05, 0.1) is 17.3 Å². The molecule has 0 saturated heterocycles. The number of hydrogen-bond donors (Lipinski definition) is 2. The van der Waals surface area contributed by atoms with Gasteiger partial charge in [0.15, 0.2) is 0 Å². The molecule has 7 heteroatoms. The highest BCUT2D eigenvalue weighted by Gasteiger charge is 2.22. The summed E-state index contributed by atoms with van der Waals surface area (Å²) in [5, 5.41) is 4.73. The fourth-order valence-corrected chi connectivity index (χ4v) is 5.49. The Morgan fingerprint density at radius 1 is 0.977 bits per heavy atom. The van der Waals surface area contributed by atoms with Crippen molar-refractivity contribution in [1.29, 1.82) is 0 Å². The summed E-state index contributed by atoms with van der Waals surface area (Å²) >= 11 is 6.16. The van der Waals surface area contributed by atoms with E-state index < -0.39 is 17.6 Å². The Bertz CT molecular complexity index is 1660. The van der Waals surface area contributed by atoms with Gasteiger partial charge < -0.3 is 15.8 Å². The minimum Gasteiger partial charge on any atom is -0.444 e. The normalized spacial score (nSPS) is 12.4. The predicted molar refractivity (Wildman–Crippen MR) is 176 cm³/mol. The molecular weight excluding hydrogens is 558 g/mol. The summed E-state index contributed by atoms with van der Waals surface area (Å²) in [6.45, 7) is 9.62. The molecule has 0 spiro atoms. The molecule has 0 fully saturated rings. The van der Waals surface area contributed by atoms with Gasteiger partial charge in [-0.3, -0.25) is 4.79 Å². The van der Waals surface area contributed by atoms with Crippen LogP contribution in [0.1, 0.15) is 91.0 Å². The van der Waals surface area contributed by atoms with Crippen molar-refractivity contribution in [2.75, 3.05) is 0 Å². The summed E-state index contributed by atoms with van der Waals surface area (Å²) in [7, 11) is 0. The van der Waals surface area contributed by atoms with E-state index in [4.69, 9.17) is 27.1 Å². The summed E-state index contributed by atoms with van der Waals surface area (Å²) < 4.78 is 5.59. The van der Waals surface area contributed by atoms with Gasteiger partial charge in [-0.05, 0) is 105 Å². The largest absolute Gasteiger partial charge is 0.444 e. The third-order valence-corrected chi connectivity index (χ3v) is 7.54. The molecule has 0 radical (unpaired) electrons. The number of nitrogens with zero attached hydrogens (tertiary/aromatic N) is 1. The zero-order valence-electron chi connectivity index (χ0n) is 25.5. The van der Waals surface area contributed by atoms with Gasteiger partial charge in [-0.1, -0.05) is 74.0 Å². The number of carbonyl (C=O) groups is 2. The monoisotopic (exact) mass is 597 g/mol. The summed E-state index contributed by atoms with van der Waals surface area (Å²) in [6, 6.07) is 21.4. The molecule has 6 nitrogen and oxygen atoms in total. The van der Waals surface area contributed by atoms with Gasteiger partial charge in [-0.15, -0.1) is 0 Å². The van der Waals surface area contributed by atoms with Crippen LogP contribution in [0.15, 0.2) is 66.7 Å². The molecule has 1 aromatic heterocycles. The second-order valence-electron chi connectivity index (χ2n) is 11.6. The number of rotatable bonds is 10. The number of primary amides is 1. The van der Waals surface area contributed by atoms with E-state index in [1.807, 2.05) is 101 Å². The average molecular weight is 598 g/mol. The molecule has 0 aliphatic rings. The fraction of sp³-hybridized carbons (Fsp3) is 0.306. The molecule has 224 valence electrons. The van der Waals surface area contributed by atoms with Crippen molar-refractivity contribution in [1.82, 2.24) is 10.3 Å². The Balaban J connectivity index is 1.62. The Hall–Kier alpha value is -4.16. The van der Waals surface area contributed by atoms with E-state index in [0.29, 0.717) is 23.4 Å². The van der Waals surface area contributed by atoms with Gasteiger partial charge in [0.2, 0.25) is 5.91 Å². The first-order valence-corrected chi connectivity index (χ1v) is 15.1. The number of fused-ring (bicyclic) bond motifs is 1. The lowest BCUT2D eigenvalue weighted by atomic mass is 9.89. The minimum absolute atomic E-state index is 0.360. The number of nitrogens with two attached hydrogens (primary N) is 1. The van der Waals surface area contributed by atoms with E-state index >= 15 is 0 Å². The molecule has 1 unspecified atom stereocenters. The third kappa shape index (κ3) is 8.45. The molecular formula is C36H40ClN3O3. The SMILES string of the molecule is CCc1ccc(CCC(NC(=O)OC(C)(C)C)c2cccc(C=Cc3ccc4ccc(Cl)cc4n3)c2)c(C(N)=O)c1CC. The number of ether oxygens (including phenoxy) is 1. The molecule has 3 N–H and O–H groups in total. The van der Waals surface area contributed by atoms with E-state index in [9.17, 15) is 9.59 Å². The lowest BCUT2D eigenvalue weighted by molar-refractivity contribution is 0.0500. The lowest BCUT2D eigenvalue weighted by Crippen LogP contribution is -2.35. The van der Waals surface area contributed by atoms with Gasteiger partial charge in [0.25, 0.3) is 0 Å². The van der Waals surface area contributed by atoms with Crippen molar-refractivity contribution in [3.8, 4) is 0 Å². The fourth-order valence-electron chi connectivity index (χ4n) is 5.32. The number of hydrogen-bond acceptors (Lipinski definition) is 4. The Kier molecular flexibility index (Phi) is 10.3. The molecule has 43 heavy (non-hydrogen) atoms. The van der Waals surface area contributed by atoms with E-state index in [-0.39, 0.29) is 6.04 Å². The molecule has 1 heterocycles. The number of nitrogens with one attached hydrogen (secondary N) is 1. The summed E-state index contributed by atoms with van der Waals surface area (Å²) in [4.78, 5) is 30.2. The maximum absolute atomic E-state index is 12.9. The standard InChI is InChI=1S/C36H40ClN3O3/c1-6-24-12-13-26(33(34(38)41)30(24)7-2)16-20-31(40-35(42)43-36(3,4)5)27-10-8-9-23(21-27)11-18-29-19-15-25-14-17-28(37)22-32(25)39-29/h8-15,17-19,21-22,31H,6-7,16,20H2,1-5H3,(H2,38,41)(H,40,42). The maximum Gasteiger partial charge on any atom is 0.408 e. The van der Waals surface area contributed by atoms with E-state index in [1.165, 1.54) is 0 Å². The minimum atomic E-state index is -0.637. The van der Waals surface area contributed by atoms with Crippen LogP contribution in [-0.4, -0.2) is 22.6 Å². The number of aromatic nitrogens is 1. The maximum atomic E-state index is 12.9. The molecule has 4 aromatic rings. The van der Waals surface area contributed by atoms with Crippen molar-refractivity contribution in [3.05, 3.63) is 111 Å². The van der Waals surface area contributed by atoms with Gasteiger partial charge in [0, 0.05) is 16.0 Å². The molecule has 2 amide bonds. The topological polar surface area (TPSA) is 94.3 Å². The number of pyridine rings is 1.